The van der Waals surface area contributed by atoms with E-state index < -0.39 is 0 Å². The maximum absolute atomic E-state index is 4.78. The summed E-state index contributed by atoms with van der Waals surface area (Å²) in [6, 6.07) is 28.5. The van der Waals surface area contributed by atoms with E-state index >= 15 is 0 Å². The highest BCUT2D eigenvalue weighted by Crippen LogP contribution is 2.18. The Bertz CT molecular complexity index is 1030. The van der Waals surface area contributed by atoms with E-state index in [-0.39, 0.29) is 0 Å². The van der Waals surface area contributed by atoms with Crippen LogP contribution in [0.3, 0.4) is 0 Å². The molecule has 0 bridgehead atoms. The highest BCUT2D eigenvalue weighted by molar-refractivity contribution is 5.53. The second-order valence-corrected chi connectivity index (χ2v) is 7.33. The van der Waals surface area contributed by atoms with Gasteiger partial charge in [0.2, 0.25) is 0 Å². The van der Waals surface area contributed by atoms with Crippen molar-refractivity contribution < 1.29 is 4.80 Å². The van der Waals surface area contributed by atoms with Crippen LogP contribution < -0.4 is 9.28 Å². The summed E-state index contributed by atoms with van der Waals surface area (Å²) >= 11 is 0. The molecule has 5 heteroatoms. The monoisotopic (exact) mass is 357 g/mol. The first kappa shape index (κ1) is 17.1. The quantitative estimate of drug-likeness (QED) is 0.414. The molecule has 0 unspecified atom stereocenters. The molecule has 4 aromatic rings. The van der Waals surface area contributed by atoms with Crippen molar-refractivity contribution in [2.24, 2.45) is 0 Å². The molecular weight excluding hydrogens is 334 g/mol. The van der Waals surface area contributed by atoms with Crippen molar-refractivity contribution in [3.05, 3.63) is 84.9 Å². The summed E-state index contributed by atoms with van der Waals surface area (Å²) in [5.41, 5.74) is 4.14. The number of rotatable bonds is 4. The largest absolute Gasteiger partial charge is 0.340 e. The summed E-state index contributed by atoms with van der Waals surface area (Å²) in [5.74, 6) is 0.690. The van der Waals surface area contributed by atoms with Gasteiger partial charge in [-0.25, -0.2) is 0 Å². The maximum atomic E-state index is 4.78. The van der Waals surface area contributed by atoms with Gasteiger partial charge in [-0.1, -0.05) is 36.4 Å². The van der Waals surface area contributed by atoms with Gasteiger partial charge in [0.1, 0.15) is 11.4 Å². The van der Waals surface area contributed by atoms with Crippen molar-refractivity contribution in [1.82, 2.24) is 19.5 Å². The Morgan fingerprint density at radius 2 is 1.33 bits per heavy atom. The lowest BCUT2D eigenvalue weighted by Crippen LogP contribution is -2.43. The van der Waals surface area contributed by atoms with E-state index in [0.717, 1.165) is 21.4 Å². The minimum Gasteiger partial charge on any atom is -0.298 e. The third-order valence-electron chi connectivity index (χ3n) is 4.43. The van der Waals surface area contributed by atoms with E-state index in [9.17, 15) is 0 Å². The lowest BCUT2D eigenvalue weighted by Gasteiger charge is -2.23. The molecule has 134 valence electrons. The molecule has 5 nitrogen and oxygen atoms in total. The van der Waals surface area contributed by atoms with E-state index in [1.165, 1.54) is 5.69 Å². The van der Waals surface area contributed by atoms with Crippen LogP contribution in [0.4, 0.5) is 5.69 Å². The minimum absolute atomic E-state index is 0.690. The molecule has 0 saturated carbocycles. The second-order valence-electron chi connectivity index (χ2n) is 7.33. The molecule has 4 rings (SSSR count). The molecule has 0 radical (unpaired) electrons. The first-order chi connectivity index (χ1) is 13.0. The van der Waals surface area contributed by atoms with Crippen LogP contribution in [0.5, 0.6) is 0 Å². The van der Waals surface area contributed by atoms with E-state index in [1.54, 1.807) is 0 Å². The topological polar surface area (TPSA) is 34.6 Å². The molecule has 0 fully saturated rings. The predicted molar refractivity (Wildman–Crippen MR) is 108 cm³/mol. The minimum atomic E-state index is 0.690. The van der Waals surface area contributed by atoms with Crippen molar-refractivity contribution in [1.29, 1.82) is 0 Å². The van der Waals surface area contributed by atoms with Gasteiger partial charge in [-0.3, -0.25) is 4.48 Å². The van der Waals surface area contributed by atoms with Crippen LogP contribution in [-0.4, -0.2) is 36.1 Å². The molecule has 0 aliphatic heterocycles. The lowest BCUT2D eigenvalue weighted by molar-refractivity contribution is -0.734. The molecule has 0 aliphatic carbocycles. The lowest BCUT2D eigenvalue weighted by atomic mass is 10.2. The Labute approximate surface area is 159 Å². The number of aromatic nitrogens is 4. The smallest absolute Gasteiger partial charge is 0.298 e. The van der Waals surface area contributed by atoms with Crippen LogP contribution in [-0.2, 0) is 0 Å². The molecule has 0 amide bonds. The van der Waals surface area contributed by atoms with Crippen molar-refractivity contribution in [3.63, 3.8) is 0 Å². The standard InChI is InChI=1S/C22H23N5/c1-27(2,3)21-16-14-20(15-17-21)26-24-22(18-10-6-4-7-11-18)23-25(26)19-12-8-5-9-13-19/h4-17H,1-3H3/q+2. The zero-order valence-electron chi connectivity index (χ0n) is 15.8. The summed E-state index contributed by atoms with van der Waals surface area (Å²) in [7, 11) is 6.46. The van der Waals surface area contributed by atoms with Crippen molar-refractivity contribution in [2.75, 3.05) is 21.1 Å². The van der Waals surface area contributed by atoms with Gasteiger partial charge < -0.3 is 0 Å². The summed E-state index contributed by atoms with van der Waals surface area (Å²) in [5, 5.41) is 9.55. The van der Waals surface area contributed by atoms with Gasteiger partial charge >= 0.3 is 5.82 Å². The van der Waals surface area contributed by atoms with Crippen molar-refractivity contribution in [3.8, 4) is 22.8 Å². The van der Waals surface area contributed by atoms with Crippen LogP contribution in [0, 0.1) is 0 Å². The van der Waals surface area contributed by atoms with Gasteiger partial charge in [0.15, 0.2) is 5.69 Å². The Morgan fingerprint density at radius 3 is 1.93 bits per heavy atom. The predicted octanol–water partition coefficient (Wildman–Crippen LogP) is 3.41. The van der Waals surface area contributed by atoms with Crippen LogP contribution in [0.25, 0.3) is 22.8 Å². The fraction of sp³-hybridized carbons (Fsp3) is 0.136. The fourth-order valence-electron chi connectivity index (χ4n) is 2.92. The van der Waals surface area contributed by atoms with Crippen molar-refractivity contribution >= 4 is 5.69 Å². The Kier molecular flexibility index (Phi) is 4.30. The van der Waals surface area contributed by atoms with Crippen molar-refractivity contribution in [2.45, 2.75) is 0 Å². The number of hydrogen-bond acceptors (Lipinski definition) is 2. The van der Waals surface area contributed by atoms with Crippen LogP contribution >= 0.6 is 0 Å². The summed E-state index contributed by atoms with van der Waals surface area (Å²) < 4.78 is 0.769. The summed E-state index contributed by atoms with van der Waals surface area (Å²) in [6.45, 7) is 0. The highest BCUT2D eigenvalue weighted by atomic mass is 15.7. The molecule has 0 saturated heterocycles. The van der Waals surface area contributed by atoms with Crippen LogP contribution in [0.2, 0.25) is 0 Å². The SMILES string of the molecule is C[N+](C)(C)c1ccc(-[n+]2nc(-c3ccccc3)nn2-c2ccccc2)cc1. The van der Waals surface area contributed by atoms with Gasteiger partial charge in [-0.15, -0.1) is 0 Å². The number of para-hydroxylation sites is 1. The van der Waals surface area contributed by atoms with Gasteiger partial charge in [0.25, 0.3) is 0 Å². The average Bonchev–Trinajstić information content (AvgIpc) is 3.14. The molecule has 0 aliphatic rings. The molecule has 0 spiro atoms. The third kappa shape index (κ3) is 3.50. The van der Waals surface area contributed by atoms with E-state index in [2.05, 4.69) is 45.4 Å². The Hall–Kier alpha value is -3.31. The number of benzene rings is 3. The summed E-state index contributed by atoms with van der Waals surface area (Å²) in [6.07, 6.45) is 0. The molecule has 1 aromatic heterocycles. The van der Waals surface area contributed by atoms with Gasteiger partial charge in [-0.2, -0.15) is 0 Å². The van der Waals surface area contributed by atoms with E-state index in [1.807, 2.05) is 70.3 Å². The Balaban J connectivity index is 1.85. The molecule has 1 heterocycles. The number of quaternary nitrogens is 1. The molecule has 27 heavy (non-hydrogen) atoms. The normalized spacial score (nSPS) is 11.5. The van der Waals surface area contributed by atoms with Gasteiger partial charge in [0.05, 0.1) is 31.8 Å². The van der Waals surface area contributed by atoms with Crippen LogP contribution in [0.15, 0.2) is 84.9 Å². The Morgan fingerprint density at radius 1 is 0.741 bits per heavy atom. The molecule has 3 aromatic carbocycles. The van der Waals surface area contributed by atoms with Crippen LogP contribution in [0.1, 0.15) is 0 Å². The zero-order valence-corrected chi connectivity index (χ0v) is 15.8. The third-order valence-corrected chi connectivity index (χ3v) is 4.43. The first-order valence-corrected chi connectivity index (χ1v) is 8.95. The maximum Gasteiger partial charge on any atom is 0.340 e. The van der Waals surface area contributed by atoms with Gasteiger partial charge in [-0.05, 0) is 46.3 Å². The fourth-order valence-corrected chi connectivity index (χ4v) is 2.92. The average molecular weight is 357 g/mol. The highest BCUT2D eigenvalue weighted by Gasteiger charge is 2.23. The summed E-state index contributed by atoms with van der Waals surface area (Å²) in [4.78, 5) is 3.68. The van der Waals surface area contributed by atoms with Gasteiger partial charge in [0, 0.05) is 16.9 Å². The van der Waals surface area contributed by atoms with E-state index in [0.29, 0.717) is 5.82 Å². The number of nitrogens with zero attached hydrogens (tertiary/aromatic N) is 5. The number of tetrazole rings is 1. The first-order valence-electron chi connectivity index (χ1n) is 8.95. The number of hydrogen-bond donors (Lipinski definition) is 0. The molecule has 0 N–H and O–H groups in total. The zero-order chi connectivity index (χ0) is 18.9. The van der Waals surface area contributed by atoms with E-state index in [4.69, 9.17) is 10.2 Å². The molecule has 0 atom stereocenters. The molecular formula is C22H23N5+2. The second kappa shape index (κ2) is 6.78.